The second kappa shape index (κ2) is 6.55. The molecule has 1 atom stereocenters. The molecule has 3 heteroatoms. The first kappa shape index (κ1) is 17.2. The molecule has 122 valence electrons. The third-order valence-electron chi connectivity index (χ3n) is 4.00. The van der Waals surface area contributed by atoms with Crippen molar-refractivity contribution >= 4 is 5.91 Å². The van der Waals surface area contributed by atoms with Crippen molar-refractivity contribution < 1.29 is 9.90 Å². The lowest BCUT2D eigenvalue weighted by molar-refractivity contribution is 0.0526. The molecule has 0 saturated heterocycles. The van der Waals surface area contributed by atoms with Gasteiger partial charge in [-0.05, 0) is 35.6 Å². The van der Waals surface area contributed by atoms with Gasteiger partial charge in [-0.2, -0.15) is 0 Å². The molecule has 1 amide bonds. The van der Waals surface area contributed by atoms with Gasteiger partial charge in [0, 0.05) is 5.56 Å². The van der Waals surface area contributed by atoms with Crippen LogP contribution < -0.4 is 5.32 Å². The molecule has 3 nitrogen and oxygen atoms in total. The lowest BCUT2D eigenvalue weighted by Crippen LogP contribution is -2.38. The smallest absolute Gasteiger partial charge is 0.251 e. The fourth-order valence-electron chi connectivity index (χ4n) is 2.38. The van der Waals surface area contributed by atoms with Crippen molar-refractivity contribution in [1.29, 1.82) is 0 Å². The topological polar surface area (TPSA) is 49.3 Å². The highest BCUT2D eigenvalue weighted by Crippen LogP contribution is 2.22. The molecule has 0 aromatic heterocycles. The van der Waals surface area contributed by atoms with Crippen LogP contribution in [0, 0.1) is 0 Å². The van der Waals surface area contributed by atoms with Gasteiger partial charge in [0.05, 0.1) is 6.54 Å². The first-order valence-electron chi connectivity index (χ1n) is 7.87. The maximum atomic E-state index is 12.3. The van der Waals surface area contributed by atoms with Gasteiger partial charge in [-0.25, -0.2) is 0 Å². The summed E-state index contributed by atoms with van der Waals surface area (Å²) in [6, 6.07) is 17.0. The SMILES string of the molecule is CC(C)(C)c1ccc(C(=O)NCC(C)(O)c2ccccc2)cc1. The van der Waals surface area contributed by atoms with Gasteiger partial charge in [0.1, 0.15) is 5.60 Å². The van der Waals surface area contributed by atoms with E-state index in [1.165, 1.54) is 5.56 Å². The molecule has 0 bridgehead atoms. The fraction of sp³-hybridized carbons (Fsp3) is 0.350. The molecule has 23 heavy (non-hydrogen) atoms. The number of carbonyl (C=O) groups is 1. The van der Waals surface area contributed by atoms with Crippen LogP contribution in [0.15, 0.2) is 54.6 Å². The molecule has 0 radical (unpaired) electrons. The Morgan fingerprint density at radius 3 is 2.00 bits per heavy atom. The number of carbonyl (C=O) groups excluding carboxylic acids is 1. The molecule has 0 heterocycles. The molecular formula is C20H25NO2. The van der Waals surface area contributed by atoms with Gasteiger partial charge < -0.3 is 10.4 Å². The minimum atomic E-state index is -1.09. The highest BCUT2D eigenvalue weighted by Gasteiger charge is 2.23. The van der Waals surface area contributed by atoms with Crippen LogP contribution in [0.2, 0.25) is 0 Å². The van der Waals surface area contributed by atoms with Crippen molar-refractivity contribution in [1.82, 2.24) is 5.32 Å². The van der Waals surface area contributed by atoms with E-state index < -0.39 is 5.60 Å². The number of hydrogen-bond donors (Lipinski definition) is 2. The molecule has 0 spiro atoms. The summed E-state index contributed by atoms with van der Waals surface area (Å²) < 4.78 is 0. The van der Waals surface area contributed by atoms with E-state index in [4.69, 9.17) is 0 Å². The molecular weight excluding hydrogens is 286 g/mol. The van der Waals surface area contributed by atoms with Crippen molar-refractivity contribution in [2.75, 3.05) is 6.54 Å². The van der Waals surface area contributed by atoms with Crippen LogP contribution in [-0.2, 0) is 11.0 Å². The lowest BCUT2D eigenvalue weighted by Gasteiger charge is -2.24. The highest BCUT2D eigenvalue weighted by atomic mass is 16.3. The van der Waals surface area contributed by atoms with Crippen molar-refractivity contribution in [3.05, 3.63) is 71.3 Å². The maximum absolute atomic E-state index is 12.3. The van der Waals surface area contributed by atoms with Gasteiger partial charge in [-0.3, -0.25) is 4.79 Å². The summed E-state index contributed by atoms with van der Waals surface area (Å²) >= 11 is 0. The molecule has 0 fully saturated rings. The molecule has 2 aromatic rings. The summed E-state index contributed by atoms with van der Waals surface area (Å²) in [6.07, 6.45) is 0. The summed E-state index contributed by atoms with van der Waals surface area (Å²) in [5.41, 5.74) is 1.53. The molecule has 1 unspecified atom stereocenters. The minimum Gasteiger partial charge on any atom is -0.384 e. The number of hydrogen-bond acceptors (Lipinski definition) is 2. The summed E-state index contributed by atoms with van der Waals surface area (Å²) in [5.74, 6) is -0.179. The van der Waals surface area contributed by atoms with E-state index in [-0.39, 0.29) is 17.9 Å². The van der Waals surface area contributed by atoms with E-state index in [1.807, 2.05) is 54.6 Å². The molecule has 2 rings (SSSR count). The number of benzene rings is 2. The van der Waals surface area contributed by atoms with Gasteiger partial charge in [0.15, 0.2) is 0 Å². The van der Waals surface area contributed by atoms with Gasteiger partial charge >= 0.3 is 0 Å². The number of nitrogens with one attached hydrogen (secondary N) is 1. The zero-order valence-corrected chi connectivity index (χ0v) is 14.3. The number of aliphatic hydroxyl groups is 1. The fourth-order valence-corrected chi connectivity index (χ4v) is 2.38. The predicted molar refractivity (Wildman–Crippen MR) is 93.5 cm³/mol. The Bertz CT molecular complexity index is 652. The van der Waals surface area contributed by atoms with E-state index in [9.17, 15) is 9.90 Å². The highest BCUT2D eigenvalue weighted by molar-refractivity contribution is 5.94. The van der Waals surface area contributed by atoms with Crippen molar-refractivity contribution in [2.24, 2.45) is 0 Å². The van der Waals surface area contributed by atoms with Crippen molar-refractivity contribution in [3.8, 4) is 0 Å². The van der Waals surface area contributed by atoms with Gasteiger partial charge in [-0.1, -0.05) is 63.2 Å². The molecule has 0 aliphatic carbocycles. The molecule has 0 aliphatic heterocycles. The third kappa shape index (κ3) is 4.42. The van der Waals surface area contributed by atoms with E-state index in [2.05, 4.69) is 26.1 Å². The van der Waals surface area contributed by atoms with Crippen LogP contribution in [0.3, 0.4) is 0 Å². The Morgan fingerprint density at radius 2 is 1.48 bits per heavy atom. The number of amides is 1. The van der Waals surface area contributed by atoms with Crippen molar-refractivity contribution in [3.63, 3.8) is 0 Å². The standard InChI is InChI=1S/C20H25NO2/c1-19(2,3)16-12-10-15(11-13-16)18(22)21-14-20(4,23)17-8-6-5-7-9-17/h5-13,23H,14H2,1-4H3,(H,21,22). The maximum Gasteiger partial charge on any atom is 0.251 e. The zero-order chi connectivity index (χ0) is 17.1. The average Bonchev–Trinajstić information content (AvgIpc) is 2.53. The van der Waals surface area contributed by atoms with Crippen LogP contribution in [0.1, 0.15) is 49.2 Å². The lowest BCUT2D eigenvalue weighted by atomic mass is 9.86. The van der Waals surface area contributed by atoms with Gasteiger partial charge in [-0.15, -0.1) is 0 Å². The number of rotatable bonds is 4. The van der Waals surface area contributed by atoms with Gasteiger partial charge in [0.2, 0.25) is 0 Å². The Hall–Kier alpha value is -2.13. The summed E-state index contributed by atoms with van der Waals surface area (Å²) in [7, 11) is 0. The largest absolute Gasteiger partial charge is 0.384 e. The summed E-state index contributed by atoms with van der Waals surface area (Å²) in [4.78, 5) is 12.3. The average molecular weight is 311 g/mol. The Morgan fingerprint density at radius 1 is 0.913 bits per heavy atom. The Kier molecular flexibility index (Phi) is 4.90. The first-order valence-corrected chi connectivity index (χ1v) is 7.87. The van der Waals surface area contributed by atoms with Crippen molar-refractivity contribution in [2.45, 2.75) is 38.7 Å². The van der Waals surface area contributed by atoms with Crippen LogP contribution >= 0.6 is 0 Å². The van der Waals surface area contributed by atoms with Crippen LogP contribution in [0.4, 0.5) is 0 Å². The first-order chi connectivity index (χ1) is 10.7. The monoisotopic (exact) mass is 311 g/mol. The van der Waals surface area contributed by atoms with E-state index >= 15 is 0 Å². The Labute approximate surface area is 138 Å². The van der Waals surface area contributed by atoms with Gasteiger partial charge in [0.25, 0.3) is 5.91 Å². The molecule has 2 N–H and O–H groups in total. The predicted octanol–water partition coefficient (Wildman–Crippen LogP) is 3.62. The summed E-state index contributed by atoms with van der Waals surface area (Å²) in [6.45, 7) is 8.28. The van der Waals surface area contributed by atoms with Crippen LogP contribution in [-0.4, -0.2) is 17.6 Å². The van der Waals surface area contributed by atoms with Crippen LogP contribution in [0.5, 0.6) is 0 Å². The molecule has 0 aliphatic rings. The summed E-state index contributed by atoms with van der Waals surface area (Å²) in [5, 5.41) is 13.3. The second-order valence-corrected chi connectivity index (χ2v) is 7.15. The normalized spacial score (nSPS) is 14.1. The van der Waals surface area contributed by atoms with Crippen LogP contribution in [0.25, 0.3) is 0 Å². The minimum absolute atomic E-state index is 0.0615. The van der Waals surface area contributed by atoms with E-state index in [0.717, 1.165) is 5.56 Å². The quantitative estimate of drug-likeness (QED) is 0.906. The Balaban J connectivity index is 2.02. The zero-order valence-electron chi connectivity index (χ0n) is 14.3. The molecule has 2 aromatic carbocycles. The van der Waals surface area contributed by atoms with E-state index in [1.54, 1.807) is 6.92 Å². The second-order valence-electron chi connectivity index (χ2n) is 7.15. The third-order valence-corrected chi connectivity index (χ3v) is 4.00. The van der Waals surface area contributed by atoms with E-state index in [0.29, 0.717) is 5.56 Å². The molecule has 0 saturated carbocycles.